The maximum atomic E-state index is 11.7. The highest BCUT2D eigenvalue weighted by Crippen LogP contribution is 2.38. The highest BCUT2D eigenvalue weighted by molar-refractivity contribution is 6.31. The minimum atomic E-state index is -0.298. The molecular formula is C12H14ClNO2. The zero-order valence-electron chi connectivity index (χ0n) is 9.07. The van der Waals surface area contributed by atoms with Gasteiger partial charge >= 0.3 is 5.97 Å². The molecule has 0 aliphatic heterocycles. The van der Waals surface area contributed by atoms with Gasteiger partial charge in [0.15, 0.2) is 0 Å². The molecule has 0 saturated carbocycles. The third-order valence-electron chi connectivity index (χ3n) is 2.96. The van der Waals surface area contributed by atoms with Crippen molar-refractivity contribution >= 4 is 17.6 Å². The molecular weight excluding hydrogens is 226 g/mol. The van der Waals surface area contributed by atoms with Crippen molar-refractivity contribution in [2.24, 2.45) is 11.7 Å². The molecule has 1 aromatic rings. The molecule has 0 fully saturated rings. The highest BCUT2D eigenvalue weighted by Gasteiger charge is 2.36. The van der Waals surface area contributed by atoms with Crippen LogP contribution >= 0.6 is 11.6 Å². The molecule has 86 valence electrons. The number of benzene rings is 1. The maximum Gasteiger partial charge on any atom is 0.311 e. The Balaban J connectivity index is 2.27. The van der Waals surface area contributed by atoms with Crippen LogP contribution in [-0.2, 0) is 16.0 Å². The van der Waals surface area contributed by atoms with Gasteiger partial charge in [-0.05, 0) is 30.5 Å². The average Bonchev–Trinajstić information content (AvgIpc) is 2.59. The van der Waals surface area contributed by atoms with Crippen molar-refractivity contribution in [1.82, 2.24) is 0 Å². The number of nitrogens with two attached hydrogens (primary N) is 1. The van der Waals surface area contributed by atoms with Crippen LogP contribution in [-0.4, -0.2) is 12.6 Å². The Morgan fingerprint density at radius 2 is 2.38 bits per heavy atom. The summed E-state index contributed by atoms with van der Waals surface area (Å²) in [6.07, 6.45) is 0.578. The largest absolute Gasteiger partial charge is 0.466 e. The van der Waals surface area contributed by atoms with E-state index in [0.717, 1.165) is 11.1 Å². The lowest BCUT2D eigenvalue weighted by Crippen LogP contribution is -2.26. The Morgan fingerprint density at radius 1 is 1.62 bits per heavy atom. The molecule has 0 spiro atoms. The van der Waals surface area contributed by atoms with Crippen molar-refractivity contribution in [2.75, 3.05) is 6.61 Å². The molecule has 2 atom stereocenters. The van der Waals surface area contributed by atoms with E-state index >= 15 is 0 Å². The molecule has 1 aliphatic carbocycles. The molecule has 2 rings (SSSR count). The van der Waals surface area contributed by atoms with E-state index < -0.39 is 0 Å². The third kappa shape index (κ3) is 1.81. The number of esters is 1. The van der Waals surface area contributed by atoms with Crippen molar-refractivity contribution in [3.63, 3.8) is 0 Å². The fraction of sp³-hybridized carbons (Fsp3) is 0.417. The molecule has 1 aliphatic rings. The summed E-state index contributed by atoms with van der Waals surface area (Å²) in [7, 11) is 0. The SMILES string of the molecule is CCOC(=O)[C@@H]1Cc2c(Cl)cccc2[C@H]1N. The van der Waals surface area contributed by atoms with Crippen molar-refractivity contribution in [3.05, 3.63) is 34.3 Å². The van der Waals surface area contributed by atoms with Gasteiger partial charge in [-0.2, -0.15) is 0 Å². The topological polar surface area (TPSA) is 52.3 Å². The highest BCUT2D eigenvalue weighted by atomic mass is 35.5. The van der Waals surface area contributed by atoms with E-state index in [1.54, 1.807) is 6.92 Å². The van der Waals surface area contributed by atoms with Gasteiger partial charge in [-0.3, -0.25) is 4.79 Å². The lowest BCUT2D eigenvalue weighted by Gasteiger charge is -2.13. The molecule has 0 heterocycles. The number of hydrogen-bond donors (Lipinski definition) is 1. The van der Waals surface area contributed by atoms with Gasteiger partial charge in [-0.1, -0.05) is 23.7 Å². The van der Waals surface area contributed by atoms with Crippen LogP contribution in [0.2, 0.25) is 5.02 Å². The summed E-state index contributed by atoms with van der Waals surface area (Å²) in [5.74, 6) is -0.530. The first-order valence-electron chi connectivity index (χ1n) is 5.34. The molecule has 0 amide bonds. The molecule has 2 N–H and O–H groups in total. The Kier molecular flexibility index (Phi) is 3.17. The van der Waals surface area contributed by atoms with Crippen LogP contribution in [0.25, 0.3) is 0 Å². The van der Waals surface area contributed by atoms with Crippen LogP contribution in [0.15, 0.2) is 18.2 Å². The minimum Gasteiger partial charge on any atom is -0.466 e. The van der Waals surface area contributed by atoms with Crippen molar-refractivity contribution in [2.45, 2.75) is 19.4 Å². The molecule has 0 aromatic heterocycles. The Hall–Kier alpha value is -1.06. The fourth-order valence-electron chi connectivity index (χ4n) is 2.15. The normalized spacial score (nSPS) is 22.9. The number of fused-ring (bicyclic) bond motifs is 1. The molecule has 3 nitrogen and oxygen atoms in total. The molecule has 0 bridgehead atoms. The first kappa shape index (κ1) is 11.4. The zero-order chi connectivity index (χ0) is 11.7. The number of hydrogen-bond acceptors (Lipinski definition) is 3. The first-order valence-corrected chi connectivity index (χ1v) is 5.72. The Labute approximate surface area is 99.5 Å². The molecule has 0 unspecified atom stereocenters. The number of halogens is 1. The first-order chi connectivity index (χ1) is 7.65. The Morgan fingerprint density at radius 3 is 3.00 bits per heavy atom. The van der Waals surface area contributed by atoms with Gasteiger partial charge in [-0.25, -0.2) is 0 Å². The quantitative estimate of drug-likeness (QED) is 0.804. The second kappa shape index (κ2) is 4.44. The van der Waals surface area contributed by atoms with Crippen molar-refractivity contribution in [3.8, 4) is 0 Å². The van der Waals surface area contributed by atoms with Crippen LogP contribution in [0.4, 0.5) is 0 Å². The molecule has 0 radical (unpaired) electrons. The number of rotatable bonds is 2. The van der Waals surface area contributed by atoms with E-state index in [4.69, 9.17) is 22.1 Å². The van der Waals surface area contributed by atoms with Crippen LogP contribution < -0.4 is 5.73 Å². The van der Waals surface area contributed by atoms with E-state index in [1.165, 1.54) is 0 Å². The van der Waals surface area contributed by atoms with Gasteiger partial charge in [0.2, 0.25) is 0 Å². The summed E-state index contributed by atoms with van der Waals surface area (Å²) < 4.78 is 5.01. The summed E-state index contributed by atoms with van der Waals surface area (Å²) in [4.78, 5) is 11.7. The monoisotopic (exact) mass is 239 g/mol. The molecule has 16 heavy (non-hydrogen) atoms. The molecule has 0 saturated heterocycles. The van der Waals surface area contributed by atoms with Gasteiger partial charge in [0, 0.05) is 11.1 Å². The van der Waals surface area contributed by atoms with Gasteiger partial charge in [-0.15, -0.1) is 0 Å². The lowest BCUT2D eigenvalue weighted by atomic mass is 10.0. The number of ether oxygens (including phenoxy) is 1. The van der Waals surface area contributed by atoms with Gasteiger partial charge in [0.25, 0.3) is 0 Å². The van der Waals surface area contributed by atoms with Crippen LogP contribution in [0.1, 0.15) is 24.1 Å². The second-order valence-electron chi connectivity index (χ2n) is 3.90. The summed E-state index contributed by atoms with van der Waals surface area (Å²) in [6.45, 7) is 2.17. The predicted molar refractivity (Wildman–Crippen MR) is 62.2 cm³/mol. The average molecular weight is 240 g/mol. The smallest absolute Gasteiger partial charge is 0.311 e. The number of carbonyl (C=O) groups excluding carboxylic acids is 1. The maximum absolute atomic E-state index is 11.7. The zero-order valence-corrected chi connectivity index (χ0v) is 9.83. The predicted octanol–water partition coefficient (Wildman–Crippen LogP) is 2.08. The van der Waals surface area contributed by atoms with Gasteiger partial charge in [0.05, 0.1) is 12.5 Å². The van der Waals surface area contributed by atoms with Crippen LogP contribution in [0.3, 0.4) is 0 Å². The van der Waals surface area contributed by atoms with E-state index in [-0.39, 0.29) is 17.9 Å². The van der Waals surface area contributed by atoms with E-state index in [9.17, 15) is 4.79 Å². The summed E-state index contributed by atoms with van der Waals surface area (Å²) >= 11 is 6.07. The summed E-state index contributed by atoms with van der Waals surface area (Å²) in [6, 6.07) is 5.30. The van der Waals surface area contributed by atoms with Crippen molar-refractivity contribution < 1.29 is 9.53 Å². The molecule has 4 heteroatoms. The standard InChI is InChI=1S/C12H14ClNO2/c1-2-16-12(15)9-6-8-7(11(9)14)4-3-5-10(8)13/h3-5,9,11H,2,6,14H2,1H3/t9-,11-/m1/s1. The minimum absolute atomic E-state index is 0.234. The third-order valence-corrected chi connectivity index (χ3v) is 3.32. The van der Waals surface area contributed by atoms with E-state index in [2.05, 4.69) is 0 Å². The van der Waals surface area contributed by atoms with Crippen LogP contribution in [0, 0.1) is 5.92 Å². The van der Waals surface area contributed by atoms with E-state index in [1.807, 2.05) is 18.2 Å². The lowest BCUT2D eigenvalue weighted by molar-refractivity contribution is -0.148. The van der Waals surface area contributed by atoms with Gasteiger partial charge in [0.1, 0.15) is 0 Å². The number of carbonyl (C=O) groups is 1. The Bertz CT molecular complexity index is 419. The summed E-state index contributed by atoms with van der Waals surface area (Å²) in [5.41, 5.74) is 7.98. The van der Waals surface area contributed by atoms with Gasteiger partial charge < -0.3 is 10.5 Å². The van der Waals surface area contributed by atoms with Crippen LogP contribution in [0.5, 0.6) is 0 Å². The summed E-state index contributed by atoms with van der Waals surface area (Å²) in [5, 5.41) is 0.680. The fourth-order valence-corrected chi connectivity index (χ4v) is 2.40. The van der Waals surface area contributed by atoms with Crippen molar-refractivity contribution in [1.29, 1.82) is 0 Å². The molecule has 1 aromatic carbocycles. The second-order valence-corrected chi connectivity index (χ2v) is 4.30. The van der Waals surface area contributed by atoms with E-state index in [0.29, 0.717) is 18.1 Å².